The highest BCUT2D eigenvalue weighted by Gasteiger charge is 2.19. The minimum absolute atomic E-state index is 0.220. The molecule has 0 unspecified atom stereocenters. The van der Waals surface area contributed by atoms with Gasteiger partial charge in [-0.3, -0.25) is 4.79 Å². The Bertz CT molecular complexity index is 433. The van der Waals surface area contributed by atoms with E-state index in [2.05, 4.69) is 10.6 Å². The average Bonchev–Trinajstić information content (AvgIpc) is 2.62. The van der Waals surface area contributed by atoms with Gasteiger partial charge in [0.2, 0.25) is 0 Å². The summed E-state index contributed by atoms with van der Waals surface area (Å²) in [5, 5.41) is 15.1. The predicted molar refractivity (Wildman–Crippen MR) is 65.6 cm³/mol. The lowest BCUT2D eigenvalue weighted by atomic mass is 10.2. The number of nitrogen functional groups attached to an aromatic ring is 1. The molecule has 1 aromatic heterocycles. The number of thiophene rings is 1. The molecule has 16 heavy (non-hydrogen) atoms. The summed E-state index contributed by atoms with van der Waals surface area (Å²) in [5.41, 5.74) is 6.35. The Morgan fingerprint density at radius 1 is 1.62 bits per heavy atom. The summed E-state index contributed by atoms with van der Waals surface area (Å²) in [5.74, 6) is -0.220. The fourth-order valence-corrected chi connectivity index (χ4v) is 2.16. The summed E-state index contributed by atoms with van der Waals surface area (Å²) < 4.78 is 0. The molecule has 1 rings (SSSR count). The Labute approximate surface area is 98.3 Å². The zero-order chi connectivity index (χ0) is 12.1. The number of nitriles is 1. The highest BCUT2D eigenvalue weighted by molar-refractivity contribution is 7.18. The number of carbonyl (C=O) groups is 1. The first kappa shape index (κ1) is 12.3. The van der Waals surface area contributed by atoms with Crippen molar-refractivity contribution >= 4 is 27.9 Å². The summed E-state index contributed by atoms with van der Waals surface area (Å²) in [6.07, 6.45) is 0.862. The van der Waals surface area contributed by atoms with Crippen LogP contribution >= 0.6 is 11.3 Å². The second-order valence-electron chi connectivity index (χ2n) is 3.17. The van der Waals surface area contributed by atoms with Crippen molar-refractivity contribution in [2.75, 3.05) is 24.6 Å². The van der Waals surface area contributed by atoms with Gasteiger partial charge in [0, 0.05) is 13.6 Å². The first-order valence-electron chi connectivity index (χ1n) is 4.94. The number of hydrogen-bond donors (Lipinski definition) is 3. The van der Waals surface area contributed by atoms with Crippen LogP contribution in [0.5, 0.6) is 0 Å². The smallest absolute Gasteiger partial charge is 0.263 e. The molecule has 0 fully saturated rings. The van der Waals surface area contributed by atoms with Gasteiger partial charge in [0.1, 0.15) is 21.5 Å². The Morgan fingerprint density at radius 2 is 2.31 bits per heavy atom. The molecule has 5 nitrogen and oxygen atoms in total. The van der Waals surface area contributed by atoms with Crippen LogP contribution in [0.25, 0.3) is 0 Å². The van der Waals surface area contributed by atoms with Crippen LogP contribution < -0.4 is 16.4 Å². The van der Waals surface area contributed by atoms with E-state index in [1.165, 1.54) is 11.3 Å². The number of amides is 1. The van der Waals surface area contributed by atoms with Crippen LogP contribution in [0.4, 0.5) is 10.7 Å². The molecule has 4 N–H and O–H groups in total. The number of nitrogens with two attached hydrogens (primary N) is 1. The summed E-state index contributed by atoms with van der Waals surface area (Å²) >= 11 is 1.20. The number of nitrogens with zero attached hydrogens (tertiary/aromatic N) is 1. The molecule has 0 bridgehead atoms. The van der Waals surface area contributed by atoms with Crippen molar-refractivity contribution in [2.45, 2.75) is 13.3 Å². The highest BCUT2D eigenvalue weighted by atomic mass is 32.1. The minimum atomic E-state index is -0.220. The van der Waals surface area contributed by atoms with E-state index < -0.39 is 0 Å². The zero-order valence-electron chi connectivity index (χ0n) is 9.26. The maximum Gasteiger partial charge on any atom is 0.263 e. The summed E-state index contributed by atoms with van der Waals surface area (Å²) in [4.78, 5) is 12.1. The Kier molecular flexibility index (Phi) is 4.14. The second-order valence-corrected chi connectivity index (χ2v) is 4.19. The van der Waals surface area contributed by atoms with E-state index in [1.807, 2.05) is 13.0 Å². The van der Waals surface area contributed by atoms with Crippen molar-refractivity contribution in [3.8, 4) is 6.07 Å². The lowest BCUT2D eigenvalue weighted by molar-refractivity contribution is 0.0958. The van der Waals surface area contributed by atoms with E-state index >= 15 is 0 Å². The number of hydrogen-bond acceptors (Lipinski definition) is 5. The molecule has 0 saturated carbocycles. The lowest BCUT2D eigenvalue weighted by Gasteiger charge is -2.01. The largest absolute Gasteiger partial charge is 0.396 e. The Balaban J connectivity index is 3.02. The Morgan fingerprint density at radius 3 is 2.75 bits per heavy atom. The molecular weight excluding hydrogens is 224 g/mol. The van der Waals surface area contributed by atoms with Crippen LogP contribution in [0.3, 0.4) is 0 Å². The molecule has 1 amide bonds. The van der Waals surface area contributed by atoms with E-state index in [1.54, 1.807) is 7.05 Å². The van der Waals surface area contributed by atoms with Crippen molar-refractivity contribution < 1.29 is 4.79 Å². The fourth-order valence-electron chi connectivity index (χ4n) is 1.22. The van der Waals surface area contributed by atoms with Crippen LogP contribution in [0.1, 0.15) is 28.6 Å². The maximum absolute atomic E-state index is 11.7. The van der Waals surface area contributed by atoms with E-state index in [0.717, 1.165) is 6.42 Å². The van der Waals surface area contributed by atoms with Gasteiger partial charge in [-0.25, -0.2) is 0 Å². The SMILES string of the molecule is CCCNC(=O)c1sc(NC)c(C#N)c1N. The van der Waals surface area contributed by atoms with Gasteiger partial charge < -0.3 is 16.4 Å². The number of nitrogens with one attached hydrogen (secondary N) is 2. The number of carbonyl (C=O) groups excluding carboxylic acids is 1. The van der Waals surface area contributed by atoms with Crippen LogP contribution in [0, 0.1) is 11.3 Å². The summed E-state index contributed by atoms with van der Waals surface area (Å²) in [7, 11) is 1.69. The van der Waals surface area contributed by atoms with E-state index in [0.29, 0.717) is 22.0 Å². The van der Waals surface area contributed by atoms with Gasteiger partial charge >= 0.3 is 0 Å². The average molecular weight is 238 g/mol. The van der Waals surface area contributed by atoms with Crippen molar-refractivity contribution in [2.24, 2.45) is 0 Å². The van der Waals surface area contributed by atoms with Gasteiger partial charge in [-0.15, -0.1) is 11.3 Å². The van der Waals surface area contributed by atoms with Gasteiger partial charge in [0.05, 0.1) is 5.69 Å². The molecule has 0 saturated heterocycles. The summed E-state index contributed by atoms with van der Waals surface area (Å²) in [6, 6.07) is 1.99. The van der Waals surface area contributed by atoms with Crippen LogP contribution in [0.2, 0.25) is 0 Å². The standard InChI is InChI=1S/C10H14N4OS/c1-3-4-14-9(15)8-7(12)6(5-11)10(13-2)16-8/h13H,3-4,12H2,1-2H3,(H,14,15). The molecule has 0 aliphatic carbocycles. The maximum atomic E-state index is 11.7. The van der Waals surface area contributed by atoms with Gasteiger partial charge in [0.15, 0.2) is 0 Å². The molecule has 0 aliphatic heterocycles. The molecular formula is C10H14N4OS. The zero-order valence-corrected chi connectivity index (χ0v) is 10.1. The molecule has 0 aliphatic rings. The fraction of sp³-hybridized carbons (Fsp3) is 0.400. The van der Waals surface area contributed by atoms with Crippen molar-refractivity contribution in [1.82, 2.24) is 5.32 Å². The van der Waals surface area contributed by atoms with Gasteiger partial charge in [0.25, 0.3) is 5.91 Å². The lowest BCUT2D eigenvalue weighted by Crippen LogP contribution is -2.23. The minimum Gasteiger partial charge on any atom is -0.396 e. The first-order valence-corrected chi connectivity index (χ1v) is 5.75. The third kappa shape index (κ3) is 2.25. The monoisotopic (exact) mass is 238 g/mol. The molecule has 0 atom stereocenters. The first-order chi connectivity index (χ1) is 7.65. The number of rotatable bonds is 4. The molecule has 86 valence electrons. The molecule has 0 radical (unpaired) electrons. The molecule has 1 heterocycles. The van der Waals surface area contributed by atoms with Gasteiger partial charge in [-0.05, 0) is 6.42 Å². The quantitative estimate of drug-likeness (QED) is 0.739. The van der Waals surface area contributed by atoms with E-state index in [9.17, 15) is 4.79 Å². The second kappa shape index (κ2) is 5.37. The third-order valence-corrected chi connectivity index (χ3v) is 3.25. The van der Waals surface area contributed by atoms with Crippen LogP contribution in [-0.4, -0.2) is 19.5 Å². The van der Waals surface area contributed by atoms with Gasteiger partial charge in [-0.2, -0.15) is 5.26 Å². The highest BCUT2D eigenvalue weighted by Crippen LogP contribution is 2.34. The molecule has 0 aromatic carbocycles. The van der Waals surface area contributed by atoms with E-state index in [4.69, 9.17) is 11.0 Å². The number of anilines is 2. The van der Waals surface area contributed by atoms with E-state index in [-0.39, 0.29) is 11.6 Å². The van der Waals surface area contributed by atoms with Crippen molar-refractivity contribution in [1.29, 1.82) is 5.26 Å². The van der Waals surface area contributed by atoms with Crippen LogP contribution in [-0.2, 0) is 0 Å². The molecule has 1 aromatic rings. The van der Waals surface area contributed by atoms with Crippen LogP contribution in [0.15, 0.2) is 0 Å². The van der Waals surface area contributed by atoms with Gasteiger partial charge in [-0.1, -0.05) is 6.92 Å². The third-order valence-electron chi connectivity index (χ3n) is 2.03. The predicted octanol–water partition coefficient (Wildman–Crippen LogP) is 1.38. The normalized spacial score (nSPS) is 9.56. The summed E-state index contributed by atoms with van der Waals surface area (Å²) in [6.45, 7) is 2.57. The topological polar surface area (TPSA) is 90.9 Å². The molecule has 0 spiro atoms. The Hall–Kier alpha value is -1.74. The van der Waals surface area contributed by atoms with Crippen molar-refractivity contribution in [3.05, 3.63) is 10.4 Å². The van der Waals surface area contributed by atoms with Crippen molar-refractivity contribution in [3.63, 3.8) is 0 Å². The molecule has 6 heteroatoms.